The van der Waals surface area contributed by atoms with Gasteiger partial charge in [0.1, 0.15) is 11.3 Å². The minimum Gasteiger partial charge on any atom is -0.457 e. The van der Waals surface area contributed by atoms with Crippen molar-refractivity contribution in [3.63, 3.8) is 0 Å². The molecule has 134 valence electrons. The Kier molecular flexibility index (Phi) is 3.13. The third-order valence-electron chi connectivity index (χ3n) is 4.57. The fourth-order valence-corrected chi connectivity index (χ4v) is 3.75. The maximum atomic E-state index is 13.1. The molecule has 0 fully saturated rings. The molecule has 1 aromatic heterocycles. The molecule has 3 N–H and O–H groups in total. The van der Waals surface area contributed by atoms with E-state index in [9.17, 15) is 9.59 Å². The van der Waals surface area contributed by atoms with Gasteiger partial charge in [0.2, 0.25) is 5.91 Å². The molecule has 0 saturated heterocycles. The summed E-state index contributed by atoms with van der Waals surface area (Å²) in [5, 5.41) is 2.77. The minimum atomic E-state index is -1.42. The molecule has 1 spiro atoms. The summed E-state index contributed by atoms with van der Waals surface area (Å²) in [5.41, 5.74) is 5.95. The lowest BCUT2D eigenvalue weighted by atomic mass is 9.74. The van der Waals surface area contributed by atoms with Gasteiger partial charge in [-0.25, -0.2) is 4.79 Å². The standard InChI is InChI=1S/C19H19N3O4/c1-9-12(15(23)26-18(2,3)4)19(16(24)21-9)11-8-6-5-7-10(11)13-14(19)22-17(20)25-13/h5-8H,1-4H3,(H2,20,22)(H,21,24)/t19-/m1/s1. The Bertz CT molecular complexity index is 996. The molecule has 1 aliphatic carbocycles. The van der Waals surface area contributed by atoms with E-state index >= 15 is 0 Å². The zero-order valence-corrected chi connectivity index (χ0v) is 15.0. The number of nitrogen functional groups attached to an aromatic ring is 1. The topological polar surface area (TPSA) is 107 Å². The van der Waals surface area contributed by atoms with Crippen LogP contribution in [-0.4, -0.2) is 22.5 Å². The second-order valence-electron chi connectivity index (χ2n) is 7.48. The summed E-state index contributed by atoms with van der Waals surface area (Å²) in [6, 6.07) is 7.21. The summed E-state index contributed by atoms with van der Waals surface area (Å²) in [4.78, 5) is 30.4. The highest BCUT2D eigenvalue weighted by Gasteiger charge is 2.61. The van der Waals surface area contributed by atoms with E-state index in [-0.39, 0.29) is 17.5 Å². The number of allylic oxidation sites excluding steroid dienone is 1. The number of nitrogens with two attached hydrogens (primary N) is 1. The molecule has 2 aromatic rings. The first-order chi connectivity index (χ1) is 12.2. The summed E-state index contributed by atoms with van der Waals surface area (Å²) in [5.74, 6) is -0.531. The van der Waals surface area contributed by atoms with Crippen LogP contribution in [0.15, 0.2) is 40.0 Å². The molecule has 1 atom stereocenters. The van der Waals surface area contributed by atoms with Gasteiger partial charge in [-0.15, -0.1) is 0 Å². The second kappa shape index (κ2) is 4.97. The van der Waals surface area contributed by atoms with Crippen molar-refractivity contribution in [3.05, 3.63) is 46.8 Å². The van der Waals surface area contributed by atoms with Crippen molar-refractivity contribution in [2.24, 2.45) is 0 Å². The van der Waals surface area contributed by atoms with Crippen LogP contribution in [0.5, 0.6) is 0 Å². The van der Waals surface area contributed by atoms with Gasteiger partial charge >= 0.3 is 5.97 Å². The number of ether oxygens (including phenoxy) is 1. The number of oxazole rings is 1. The van der Waals surface area contributed by atoms with Gasteiger partial charge in [0.05, 0.1) is 5.57 Å². The lowest BCUT2D eigenvalue weighted by Crippen LogP contribution is -2.41. The molecule has 7 heteroatoms. The Hall–Kier alpha value is -3.09. The molecule has 0 bridgehead atoms. The molecule has 1 amide bonds. The Morgan fingerprint density at radius 1 is 1.31 bits per heavy atom. The van der Waals surface area contributed by atoms with Crippen molar-refractivity contribution in [1.29, 1.82) is 0 Å². The smallest absolute Gasteiger partial charge is 0.338 e. The third-order valence-corrected chi connectivity index (χ3v) is 4.57. The average molecular weight is 353 g/mol. The average Bonchev–Trinajstić information content (AvgIpc) is 3.10. The number of benzene rings is 1. The van der Waals surface area contributed by atoms with Gasteiger partial charge in [-0.1, -0.05) is 24.3 Å². The van der Waals surface area contributed by atoms with E-state index in [1.54, 1.807) is 33.8 Å². The van der Waals surface area contributed by atoms with Crippen molar-refractivity contribution >= 4 is 17.9 Å². The Morgan fingerprint density at radius 2 is 2.00 bits per heavy atom. The number of anilines is 1. The van der Waals surface area contributed by atoms with Crippen molar-refractivity contribution in [2.75, 3.05) is 5.73 Å². The lowest BCUT2D eigenvalue weighted by molar-refractivity contribution is -0.151. The van der Waals surface area contributed by atoms with E-state index in [1.807, 2.05) is 18.2 Å². The van der Waals surface area contributed by atoms with Gasteiger partial charge in [-0.3, -0.25) is 4.79 Å². The van der Waals surface area contributed by atoms with Crippen LogP contribution in [-0.2, 0) is 19.7 Å². The normalized spacial score (nSPS) is 21.0. The van der Waals surface area contributed by atoms with Gasteiger partial charge in [0.15, 0.2) is 11.2 Å². The van der Waals surface area contributed by atoms with Crippen molar-refractivity contribution in [1.82, 2.24) is 10.3 Å². The molecule has 26 heavy (non-hydrogen) atoms. The van der Waals surface area contributed by atoms with Gasteiger partial charge in [0, 0.05) is 11.3 Å². The monoisotopic (exact) mass is 353 g/mol. The van der Waals surface area contributed by atoms with Gasteiger partial charge in [-0.05, 0) is 33.3 Å². The third kappa shape index (κ3) is 1.97. The second-order valence-corrected chi connectivity index (χ2v) is 7.48. The fraction of sp³-hybridized carbons (Fsp3) is 0.316. The Morgan fingerprint density at radius 3 is 2.69 bits per heavy atom. The highest BCUT2D eigenvalue weighted by molar-refractivity contribution is 6.14. The minimum absolute atomic E-state index is 0.0511. The molecule has 0 radical (unpaired) electrons. The molecule has 2 heterocycles. The van der Waals surface area contributed by atoms with Crippen LogP contribution in [0, 0.1) is 0 Å². The number of rotatable bonds is 1. The molecule has 4 rings (SSSR count). The number of carbonyl (C=O) groups excluding carboxylic acids is 2. The van der Waals surface area contributed by atoms with Crippen LogP contribution in [0.25, 0.3) is 11.3 Å². The van der Waals surface area contributed by atoms with Crippen LogP contribution in [0.3, 0.4) is 0 Å². The molecule has 0 unspecified atom stereocenters. The number of amides is 1. The lowest BCUT2D eigenvalue weighted by Gasteiger charge is -2.27. The molecule has 2 aliphatic rings. The van der Waals surface area contributed by atoms with Gasteiger partial charge < -0.3 is 20.2 Å². The van der Waals surface area contributed by atoms with Crippen molar-refractivity contribution in [2.45, 2.75) is 38.7 Å². The Labute approximate surface area is 150 Å². The molecular formula is C19H19N3O4. The zero-order valence-electron chi connectivity index (χ0n) is 15.0. The maximum Gasteiger partial charge on any atom is 0.338 e. The van der Waals surface area contributed by atoms with Crippen molar-refractivity contribution in [3.8, 4) is 11.3 Å². The van der Waals surface area contributed by atoms with Crippen LogP contribution in [0.1, 0.15) is 39.0 Å². The molecule has 1 aromatic carbocycles. The van der Waals surface area contributed by atoms with Crippen LogP contribution in [0.2, 0.25) is 0 Å². The molecule has 7 nitrogen and oxygen atoms in total. The zero-order chi connectivity index (χ0) is 18.9. The molecule has 1 aliphatic heterocycles. The largest absolute Gasteiger partial charge is 0.457 e. The maximum absolute atomic E-state index is 13.1. The number of nitrogens with one attached hydrogen (secondary N) is 1. The number of fused-ring (bicyclic) bond motifs is 5. The van der Waals surface area contributed by atoms with E-state index in [0.717, 1.165) is 0 Å². The number of aromatic nitrogens is 1. The first-order valence-corrected chi connectivity index (χ1v) is 8.29. The summed E-state index contributed by atoms with van der Waals surface area (Å²) in [7, 11) is 0. The summed E-state index contributed by atoms with van der Waals surface area (Å²) in [6.07, 6.45) is 0. The first-order valence-electron chi connectivity index (χ1n) is 8.29. The van der Waals surface area contributed by atoms with Crippen LogP contribution < -0.4 is 11.1 Å². The number of carbonyl (C=O) groups is 2. The molecular weight excluding hydrogens is 334 g/mol. The predicted molar refractivity (Wildman–Crippen MR) is 93.8 cm³/mol. The number of nitrogens with zero attached hydrogens (tertiary/aromatic N) is 1. The van der Waals surface area contributed by atoms with Crippen LogP contribution in [0.4, 0.5) is 6.01 Å². The van der Waals surface area contributed by atoms with Crippen molar-refractivity contribution < 1.29 is 18.7 Å². The number of hydrogen-bond donors (Lipinski definition) is 2. The van der Waals surface area contributed by atoms with E-state index in [4.69, 9.17) is 14.9 Å². The highest BCUT2D eigenvalue weighted by atomic mass is 16.6. The van der Waals surface area contributed by atoms with E-state index in [2.05, 4.69) is 10.3 Å². The van der Waals surface area contributed by atoms with E-state index in [1.165, 1.54) is 0 Å². The summed E-state index contributed by atoms with van der Waals surface area (Å²) in [6.45, 7) is 7.01. The summed E-state index contributed by atoms with van der Waals surface area (Å²) < 4.78 is 11.1. The molecule has 0 saturated carbocycles. The number of esters is 1. The SMILES string of the molecule is CC1=C(C(=O)OC(C)(C)C)[C@]2(C(=O)N1)c1ccccc1-c1oc(N)nc12. The van der Waals surface area contributed by atoms with E-state index in [0.29, 0.717) is 28.3 Å². The van der Waals surface area contributed by atoms with Crippen LogP contribution >= 0.6 is 0 Å². The highest BCUT2D eigenvalue weighted by Crippen LogP contribution is 2.55. The van der Waals surface area contributed by atoms with E-state index < -0.39 is 17.0 Å². The van der Waals surface area contributed by atoms with Gasteiger partial charge in [-0.2, -0.15) is 4.98 Å². The predicted octanol–water partition coefficient (Wildman–Crippen LogP) is 2.27. The van der Waals surface area contributed by atoms with Gasteiger partial charge in [0.25, 0.3) is 6.01 Å². The fourth-order valence-electron chi connectivity index (χ4n) is 3.75. The Balaban J connectivity index is 2.02. The number of hydrogen-bond acceptors (Lipinski definition) is 6. The summed E-state index contributed by atoms with van der Waals surface area (Å²) >= 11 is 0. The first kappa shape index (κ1) is 16.4. The quantitative estimate of drug-likeness (QED) is 0.762.